The van der Waals surface area contributed by atoms with Crippen LogP contribution >= 0.6 is 27.5 Å². The molecule has 2 aromatic heterocycles. The van der Waals surface area contributed by atoms with Gasteiger partial charge in [0.1, 0.15) is 12.7 Å². The van der Waals surface area contributed by atoms with Gasteiger partial charge in [-0.2, -0.15) is 10.1 Å². The summed E-state index contributed by atoms with van der Waals surface area (Å²) in [6.07, 6.45) is 3.50. The van der Waals surface area contributed by atoms with Gasteiger partial charge in [-0.15, -0.1) is 0 Å². The van der Waals surface area contributed by atoms with Gasteiger partial charge in [-0.25, -0.2) is 9.67 Å². The third-order valence-electron chi connectivity index (χ3n) is 4.03. The highest BCUT2D eigenvalue weighted by atomic mass is 79.9. The molecule has 0 atom stereocenters. The first kappa shape index (κ1) is 19.3. The van der Waals surface area contributed by atoms with Crippen LogP contribution in [0.4, 0.5) is 5.69 Å². The maximum atomic E-state index is 12.5. The Kier molecular flexibility index (Phi) is 5.68. The quantitative estimate of drug-likeness (QED) is 0.448. The second-order valence-corrected chi connectivity index (χ2v) is 7.42. The predicted molar refractivity (Wildman–Crippen MR) is 111 cm³/mol. The van der Waals surface area contributed by atoms with Crippen molar-refractivity contribution in [2.24, 2.45) is 0 Å². The number of anilines is 1. The van der Waals surface area contributed by atoms with Crippen LogP contribution in [0.5, 0.6) is 0 Å². The summed E-state index contributed by atoms with van der Waals surface area (Å²) in [5, 5.41) is 11.6. The van der Waals surface area contributed by atoms with Crippen molar-refractivity contribution in [2.75, 3.05) is 5.32 Å². The van der Waals surface area contributed by atoms with Crippen LogP contribution in [0.3, 0.4) is 0 Å². The van der Waals surface area contributed by atoms with E-state index in [1.54, 1.807) is 29.2 Å². The third-order valence-corrected chi connectivity index (χ3v) is 4.78. The van der Waals surface area contributed by atoms with Crippen LogP contribution in [0, 0.1) is 0 Å². The van der Waals surface area contributed by atoms with Gasteiger partial charge in [0.15, 0.2) is 0 Å². The molecule has 0 aliphatic rings. The molecular formula is C19H14BrClN6O2. The minimum absolute atomic E-state index is 0.185. The van der Waals surface area contributed by atoms with E-state index in [-0.39, 0.29) is 12.3 Å². The standard InChI is InChI=1S/C19H14BrClN6O2/c20-13-3-6-16(27-11-22-10-23-27)15(9-13)24-17(28)7-8-18-25-19(26-29-18)12-1-4-14(21)5-2-12/h1-6,9-11H,7-8H2,(H,24,28). The van der Waals surface area contributed by atoms with Crippen LogP contribution in [0.2, 0.25) is 5.02 Å². The molecule has 0 fully saturated rings. The van der Waals surface area contributed by atoms with E-state index in [2.05, 4.69) is 41.5 Å². The fraction of sp³-hybridized carbons (Fsp3) is 0.105. The molecule has 0 saturated carbocycles. The number of hydrogen-bond donors (Lipinski definition) is 1. The molecule has 8 nitrogen and oxygen atoms in total. The van der Waals surface area contributed by atoms with E-state index in [0.717, 1.165) is 10.0 Å². The first-order chi connectivity index (χ1) is 14.1. The monoisotopic (exact) mass is 472 g/mol. The molecule has 0 aliphatic heterocycles. The highest BCUT2D eigenvalue weighted by Crippen LogP contribution is 2.24. The summed E-state index contributed by atoms with van der Waals surface area (Å²) in [4.78, 5) is 20.7. The van der Waals surface area contributed by atoms with Gasteiger partial charge >= 0.3 is 0 Å². The highest BCUT2D eigenvalue weighted by Gasteiger charge is 2.13. The van der Waals surface area contributed by atoms with Crippen molar-refractivity contribution in [3.8, 4) is 17.1 Å². The van der Waals surface area contributed by atoms with Crippen molar-refractivity contribution in [2.45, 2.75) is 12.8 Å². The van der Waals surface area contributed by atoms with Gasteiger partial charge < -0.3 is 9.84 Å². The zero-order chi connectivity index (χ0) is 20.2. The lowest BCUT2D eigenvalue weighted by molar-refractivity contribution is -0.116. The molecule has 0 unspecified atom stereocenters. The lowest BCUT2D eigenvalue weighted by atomic mass is 10.2. The van der Waals surface area contributed by atoms with E-state index >= 15 is 0 Å². The molecule has 2 heterocycles. The Labute approximate surface area is 179 Å². The first-order valence-electron chi connectivity index (χ1n) is 8.61. The largest absolute Gasteiger partial charge is 0.339 e. The van der Waals surface area contributed by atoms with Gasteiger partial charge in [0, 0.05) is 27.9 Å². The van der Waals surface area contributed by atoms with Crippen LogP contribution in [0.15, 0.2) is 64.1 Å². The van der Waals surface area contributed by atoms with Crippen molar-refractivity contribution in [3.05, 3.63) is 70.5 Å². The van der Waals surface area contributed by atoms with Crippen molar-refractivity contribution < 1.29 is 9.32 Å². The SMILES string of the molecule is O=C(CCc1nc(-c2ccc(Cl)cc2)no1)Nc1cc(Br)ccc1-n1cncn1. The summed E-state index contributed by atoms with van der Waals surface area (Å²) in [6.45, 7) is 0. The molecule has 0 spiro atoms. The van der Waals surface area contributed by atoms with E-state index in [1.807, 2.05) is 24.3 Å². The number of rotatable bonds is 6. The first-order valence-corrected chi connectivity index (χ1v) is 9.78. The number of aryl methyl sites for hydroxylation is 1. The van der Waals surface area contributed by atoms with E-state index in [9.17, 15) is 4.79 Å². The van der Waals surface area contributed by atoms with Gasteiger partial charge in [-0.1, -0.05) is 32.7 Å². The summed E-state index contributed by atoms with van der Waals surface area (Å²) in [5.41, 5.74) is 2.12. The van der Waals surface area contributed by atoms with E-state index in [0.29, 0.717) is 34.5 Å². The molecule has 0 aliphatic carbocycles. The number of amides is 1. The minimum atomic E-state index is -0.185. The van der Waals surface area contributed by atoms with Gasteiger partial charge in [-0.05, 0) is 42.5 Å². The Balaban J connectivity index is 1.41. The van der Waals surface area contributed by atoms with E-state index in [1.165, 1.54) is 6.33 Å². The average molecular weight is 474 g/mol. The summed E-state index contributed by atoms with van der Waals surface area (Å²) < 4.78 is 7.66. The van der Waals surface area contributed by atoms with Crippen molar-refractivity contribution >= 4 is 39.1 Å². The molecule has 4 rings (SSSR count). The van der Waals surface area contributed by atoms with Crippen LogP contribution in [0.1, 0.15) is 12.3 Å². The van der Waals surface area contributed by atoms with Crippen LogP contribution < -0.4 is 5.32 Å². The molecule has 1 N–H and O–H groups in total. The smallest absolute Gasteiger partial charge is 0.227 e. The predicted octanol–water partition coefficient (Wildman–Crippen LogP) is 4.30. The van der Waals surface area contributed by atoms with Gasteiger partial charge in [0.05, 0.1) is 11.4 Å². The minimum Gasteiger partial charge on any atom is -0.339 e. The Morgan fingerprint density at radius 3 is 2.79 bits per heavy atom. The van der Waals surface area contributed by atoms with Crippen molar-refractivity contribution in [3.63, 3.8) is 0 Å². The Morgan fingerprint density at radius 1 is 1.21 bits per heavy atom. The second-order valence-electron chi connectivity index (χ2n) is 6.07. The van der Waals surface area contributed by atoms with Crippen molar-refractivity contribution in [1.82, 2.24) is 24.9 Å². The number of aromatic nitrogens is 5. The zero-order valence-electron chi connectivity index (χ0n) is 14.9. The molecule has 0 bridgehead atoms. The van der Waals surface area contributed by atoms with E-state index < -0.39 is 0 Å². The van der Waals surface area contributed by atoms with Gasteiger partial charge in [-0.3, -0.25) is 4.79 Å². The second kappa shape index (κ2) is 8.54. The fourth-order valence-electron chi connectivity index (χ4n) is 2.65. The average Bonchev–Trinajstić information content (AvgIpc) is 3.39. The zero-order valence-corrected chi connectivity index (χ0v) is 17.3. The highest BCUT2D eigenvalue weighted by molar-refractivity contribution is 9.10. The molecule has 0 saturated heterocycles. The third kappa shape index (κ3) is 4.69. The molecule has 2 aromatic carbocycles. The van der Waals surface area contributed by atoms with Crippen LogP contribution in [-0.4, -0.2) is 30.8 Å². The normalized spacial score (nSPS) is 10.8. The van der Waals surface area contributed by atoms with Gasteiger partial charge in [0.2, 0.25) is 17.6 Å². The summed E-state index contributed by atoms with van der Waals surface area (Å²) in [7, 11) is 0. The molecule has 1 amide bonds. The molecule has 0 radical (unpaired) electrons. The number of carbonyl (C=O) groups excluding carboxylic acids is 1. The van der Waals surface area contributed by atoms with Crippen LogP contribution in [0.25, 0.3) is 17.1 Å². The number of nitrogens with one attached hydrogen (secondary N) is 1. The number of nitrogens with zero attached hydrogens (tertiary/aromatic N) is 5. The molecular weight excluding hydrogens is 460 g/mol. The Bertz CT molecular complexity index is 1130. The maximum Gasteiger partial charge on any atom is 0.227 e. The Hall–Kier alpha value is -3.04. The molecule has 29 heavy (non-hydrogen) atoms. The molecule has 4 aromatic rings. The van der Waals surface area contributed by atoms with E-state index in [4.69, 9.17) is 16.1 Å². The molecule has 146 valence electrons. The van der Waals surface area contributed by atoms with Crippen molar-refractivity contribution in [1.29, 1.82) is 0 Å². The summed E-state index contributed by atoms with van der Waals surface area (Å²) in [6, 6.07) is 12.6. The summed E-state index contributed by atoms with van der Waals surface area (Å²) >= 11 is 9.30. The van der Waals surface area contributed by atoms with Crippen LogP contribution in [-0.2, 0) is 11.2 Å². The Morgan fingerprint density at radius 2 is 2.03 bits per heavy atom. The summed E-state index contributed by atoms with van der Waals surface area (Å²) in [5.74, 6) is 0.657. The number of carbonyl (C=O) groups is 1. The number of benzene rings is 2. The number of halogens is 2. The topological polar surface area (TPSA) is 98.7 Å². The maximum absolute atomic E-state index is 12.5. The van der Waals surface area contributed by atoms with Gasteiger partial charge in [0.25, 0.3) is 0 Å². The lowest BCUT2D eigenvalue weighted by Crippen LogP contribution is -2.14. The molecule has 10 heteroatoms. The lowest BCUT2D eigenvalue weighted by Gasteiger charge is -2.11. The fourth-order valence-corrected chi connectivity index (χ4v) is 3.13. The number of hydrogen-bond acceptors (Lipinski definition) is 6.